The lowest BCUT2D eigenvalue weighted by Gasteiger charge is -2.35. The van der Waals surface area contributed by atoms with Crippen LogP contribution < -0.4 is 10.2 Å². The Hall–Kier alpha value is -1.88. The lowest BCUT2D eigenvalue weighted by molar-refractivity contribution is -0.125. The number of anilines is 1. The van der Waals surface area contributed by atoms with E-state index in [4.69, 9.17) is 0 Å². The van der Waals surface area contributed by atoms with Gasteiger partial charge in [-0.1, -0.05) is 31.5 Å². The molecule has 0 aromatic heterocycles. The topological polar surface area (TPSA) is 52.7 Å². The van der Waals surface area contributed by atoms with Gasteiger partial charge in [-0.05, 0) is 43.9 Å². The van der Waals surface area contributed by atoms with Gasteiger partial charge < -0.3 is 10.2 Å². The van der Waals surface area contributed by atoms with E-state index in [9.17, 15) is 9.59 Å². The van der Waals surface area contributed by atoms with E-state index in [1.807, 2.05) is 24.3 Å². The van der Waals surface area contributed by atoms with Crippen molar-refractivity contribution < 1.29 is 9.59 Å². The van der Waals surface area contributed by atoms with Gasteiger partial charge in [-0.15, -0.1) is 0 Å². The predicted octanol–water partition coefficient (Wildman–Crippen LogP) is 2.74. The number of benzene rings is 1. The number of para-hydroxylation sites is 1. The molecule has 26 heavy (non-hydrogen) atoms. The molecule has 2 aliphatic rings. The minimum Gasteiger partial charge on any atom is -0.354 e. The van der Waals surface area contributed by atoms with E-state index < -0.39 is 6.04 Å². The molecule has 1 saturated heterocycles. The van der Waals surface area contributed by atoms with Crippen LogP contribution in [0.5, 0.6) is 0 Å². The van der Waals surface area contributed by atoms with Crippen LogP contribution in [-0.2, 0) is 16.0 Å². The number of hydrogen-bond acceptors (Lipinski definition) is 3. The molecule has 1 aromatic rings. The fourth-order valence-electron chi connectivity index (χ4n) is 4.41. The Morgan fingerprint density at radius 2 is 2.04 bits per heavy atom. The second kappa shape index (κ2) is 8.67. The van der Waals surface area contributed by atoms with Crippen molar-refractivity contribution in [1.29, 1.82) is 0 Å². The number of likely N-dealkylation sites (tertiary alicyclic amines) is 1. The third-order valence-corrected chi connectivity index (χ3v) is 5.76. The van der Waals surface area contributed by atoms with Crippen LogP contribution in [0.2, 0.25) is 0 Å². The predicted molar refractivity (Wildman–Crippen MR) is 104 cm³/mol. The SMILES string of the molecule is CC[C@H]1CCCCN1CCCNC(=O)[C@H]1Cc2ccccc2N1C(C)=O. The van der Waals surface area contributed by atoms with Crippen LogP contribution in [0.4, 0.5) is 5.69 Å². The molecule has 0 spiro atoms. The van der Waals surface area contributed by atoms with Crippen LogP contribution in [0, 0.1) is 0 Å². The van der Waals surface area contributed by atoms with Crippen molar-refractivity contribution in [2.24, 2.45) is 0 Å². The zero-order chi connectivity index (χ0) is 18.5. The summed E-state index contributed by atoms with van der Waals surface area (Å²) in [6, 6.07) is 8.09. The zero-order valence-corrected chi connectivity index (χ0v) is 16.0. The molecular weight excluding hydrogens is 326 g/mol. The normalized spacial score (nSPS) is 22.9. The standard InChI is InChI=1S/C21H31N3O2/c1-3-18-10-6-7-13-23(18)14-8-12-22-21(26)20-15-17-9-4-5-11-19(17)24(20)16(2)25/h4-5,9,11,18,20H,3,6-8,10,12-15H2,1-2H3,(H,22,26)/t18-,20+/m0/s1. The van der Waals surface area contributed by atoms with Crippen molar-refractivity contribution in [3.8, 4) is 0 Å². The lowest BCUT2D eigenvalue weighted by atomic mass is 10.00. The monoisotopic (exact) mass is 357 g/mol. The summed E-state index contributed by atoms with van der Waals surface area (Å²) in [4.78, 5) is 29.0. The van der Waals surface area contributed by atoms with Gasteiger partial charge in [-0.25, -0.2) is 0 Å². The fourth-order valence-corrected chi connectivity index (χ4v) is 4.41. The largest absolute Gasteiger partial charge is 0.354 e. The molecule has 1 N–H and O–H groups in total. The maximum atomic E-state index is 12.7. The van der Waals surface area contributed by atoms with Gasteiger partial charge in [0.25, 0.3) is 0 Å². The van der Waals surface area contributed by atoms with Gasteiger partial charge in [0.05, 0.1) is 0 Å². The van der Waals surface area contributed by atoms with Gasteiger partial charge in [0.1, 0.15) is 6.04 Å². The first-order valence-electron chi connectivity index (χ1n) is 10.0. The average molecular weight is 357 g/mol. The second-order valence-electron chi connectivity index (χ2n) is 7.48. The molecule has 0 bridgehead atoms. The number of fused-ring (bicyclic) bond motifs is 1. The van der Waals surface area contributed by atoms with E-state index in [2.05, 4.69) is 17.1 Å². The first kappa shape index (κ1) is 18.9. The molecule has 2 aliphatic heterocycles. The molecule has 0 radical (unpaired) electrons. The van der Waals surface area contributed by atoms with E-state index in [1.165, 1.54) is 39.2 Å². The summed E-state index contributed by atoms with van der Waals surface area (Å²) < 4.78 is 0. The number of carbonyl (C=O) groups excluding carboxylic acids is 2. The highest BCUT2D eigenvalue weighted by Crippen LogP contribution is 2.32. The maximum Gasteiger partial charge on any atom is 0.243 e. The Morgan fingerprint density at radius 3 is 2.81 bits per heavy atom. The molecule has 0 aliphatic carbocycles. The number of nitrogens with zero attached hydrogens (tertiary/aromatic N) is 2. The Kier molecular flexibility index (Phi) is 6.30. The van der Waals surface area contributed by atoms with E-state index in [0.717, 1.165) is 24.2 Å². The third kappa shape index (κ3) is 4.09. The average Bonchev–Trinajstić information content (AvgIpc) is 3.05. The lowest BCUT2D eigenvalue weighted by Crippen LogP contribution is -2.48. The number of rotatable bonds is 6. The zero-order valence-electron chi connectivity index (χ0n) is 16.0. The van der Waals surface area contributed by atoms with Crippen molar-refractivity contribution in [1.82, 2.24) is 10.2 Å². The molecule has 5 nitrogen and oxygen atoms in total. The third-order valence-electron chi connectivity index (χ3n) is 5.76. The van der Waals surface area contributed by atoms with Crippen molar-refractivity contribution in [2.45, 2.75) is 64.5 Å². The van der Waals surface area contributed by atoms with Crippen molar-refractivity contribution >= 4 is 17.5 Å². The molecule has 2 heterocycles. The van der Waals surface area contributed by atoms with Crippen LogP contribution in [-0.4, -0.2) is 48.4 Å². The first-order valence-corrected chi connectivity index (χ1v) is 10.0. The van der Waals surface area contributed by atoms with E-state index in [-0.39, 0.29) is 11.8 Å². The molecule has 1 aromatic carbocycles. The van der Waals surface area contributed by atoms with Crippen LogP contribution in [0.1, 0.15) is 51.5 Å². The van der Waals surface area contributed by atoms with Crippen LogP contribution in [0.3, 0.4) is 0 Å². The van der Waals surface area contributed by atoms with Crippen LogP contribution >= 0.6 is 0 Å². The number of carbonyl (C=O) groups is 2. The number of nitrogens with one attached hydrogen (secondary N) is 1. The Balaban J connectivity index is 1.50. The molecule has 0 saturated carbocycles. The number of hydrogen-bond donors (Lipinski definition) is 1. The summed E-state index contributed by atoms with van der Waals surface area (Å²) in [5, 5.41) is 3.06. The molecule has 2 amide bonds. The van der Waals surface area contributed by atoms with E-state index in [0.29, 0.717) is 19.0 Å². The van der Waals surface area contributed by atoms with Gasteiger partial charge in [0.15, 0.2) is 0 Å². The Morgan fingerprint density at radius 1 is 1.23 bits per heavy atom. The van der Waals surface area contributed by atoms with Crippen molar-refractivity contribution in [3.05, 3.63) is 29.8 Å². The van der Waals surface area contributed by atoms with Crippen LogP contribution in [0.25, 0.3) is 0 Å². The molecule has 5 heteroatoms. The summed E-state index contributed by atoms with van der Waals surface area (Å²) in [5.74, 6) is -0.115. The number of amides is 2. The minimum atomic E-state index is -0.414. The Labute approximate surface area is 156 Å². The maximum absolute atomic E-state index is 12.7. The fraction of sp³-hybridized carbons (Fsp3) is 0.619. The molecule has 2 atom stereocenters. The van der Waals surface area contributed by atoms with Gasteiger partial charge in [0.2, 0.25) is 11.8 Å². The molecule has 142 valence electrons. The molecule has 1 fully saturated rings. The van der Waals surface area contributed by atoms with Crippen LogP contribution in [0.15, 0.2) is 24.3 Å². The molecular formula is C21H31N3O2. The molecule has 0 unspecified atom stereocenters. The summed E-state index contributed by atoms with van der Waals surface area (Å²) in [7, 11) is 0. The highest BCUT2D eigenvalue weighted by Gasteiger charge is 2.36. The number of piperidine rings is 1. The highest BCUT2D eigenvalue weighted by atomic mass is 16.2. The van der Waals surface area contributed by atoms with Gasteiger partial charge in [-0.2, -0.15) is 0 Å². The summed E-state index contributed by atoms with van der Waals surface area (Å²) in [5.41, 5.74) is 1.95. The van der Waals surface area contributed by atoms with Gasteiger partial charge in [-0.3, -0.25) is 14.5 Å². The van der Waals surface area contributed by atoms with E-state index >= 15 is 0 Å². The molecule has 3 rings (SSSR count). The smallest absolute Gasteiger partial charge is 0.243 e. The second-order valence-corrected chi connectivity index (χ2v) is 7.48. The van der Waals surface area contributed by atoms with Crippen molar-refractivity contribution in [2.75, 3.05) is 24.5 Å². The highest BCUT2D eigenvalue weighted by molar-refractivity contribution is 6.02. The first-order chi connectivity index (χ1) is 12.6. The summed E-state index contributed by atoms with van der Waals surface area (Å²) in [6.07, 6.45) is 6.70. The van der Waals surface area contributed by atoms with E-state index in [1.54, 1.807) is 4.90 Å². The Bertz CT molecular complexity index is 646. The van der Waals surface area contributed by atoms with Crippen molar-refractivity contribution in [3.63, 3.8) is 0 Å². The van der Waals surface area contributed by atoms with Gasteiger partial charge >= 0.3 is 0 Å². The minimum absolute atomic E-state index is 0.0397. The summed E-state index contributed by atoms with van der Waals surface area (Å²) >= 11 is 0. The van der Waals surface area contributed by atoms with Gasteiger partial charge in [0, 0.05) is 38.2 Å². The summed E-state index contributed by atoms with van der Waals surface area (Å²) in [6.45, 7) is 6.69. The quantitative estimate of drug-likeness (QED) is 0.797.